The Morgan fingerprint density at radius 1 is 1.33 bits per heavy atom. The summed E-state index contributed by atoms with van der Waals surface area (Å²) in [5, 5.41) is 0. The van der Waals surface area contributed by atoms with Crippen LogP contribution in [0, 0.1) is 0 Å². The Bertz CT molecular complexity index is 656. The summed E-state index contributed by atoms with van der Waals surface area (Å²) in [5.41, 5.74) is -3.60. The van der Waals surface area contributed by atoms with Crippen molar-refractivity contribution in [3.63, 3.8) is 0 Å². The number of methoxy groups -OCH3 is 1. The Morgan fingerprint density at radius 3 is 2.48 bits per heavy atom. The summed E-state index contributed by atoms with van der Waals surface area (Å²) < 4.78 is 41.9. The Labute approximate surface area is 134 Å². The molecule has 0 bridgehead atoms. The standard InChI is InChI=1S/C12H7BrF3NO2S2/c1-19-10(18)8-9(20-11(13)17-8)6-2-4-7(5-3-6)21-12(14,15)16/h2-5H,1H3. The molecule has 1 aromatic heterocycles. The van der Waals surface area contributed by atoms with Gasteiger partial charge in [-0.15, -0.1) is 11.3 Å². The normalized spacial score (nSPS) is 11.5. The van der Waals surface area contributed by atoms with E-state index in [2.05, 4.69) is 25.7 Å². The highest BCUT2D eigenvalue weighted by molar-refractivity contribution is 9.11. The smallest absolute Gasteiger partial charge is 0.446 e. The highest BCUT2D eigenvalue weighted by atomic mass is 79.9. The molecular formula is C12H7BrF3NO2S2. The van der Waals surface area contributed by atoms with Gasteiger partial charge in [0.1, 0.15) is 0 Å². The Kier molecular flexibility index (Phi) is 4.95. The summed E-state index contributed by atoms with van der Waals surface area (Å²) in [7, 11) is 1.24. The van der Waals surface area contributed by atoms with Gasteiger partial charge in [0.15, 0.2) is 9.61 Å². The third-order valence-corrected chi connectivity index (χ3v) is 4.63. The van der Waals surface area contributed by atoms with E-state index in [9.17, 15) is 18.0 Å². The SMILES string of the molecule is COC(=O)c1nc(Br)sc1-c1ccc(SC(F)(F)F)cc1. The van der Waals surface area contributed by atoms with Gasteiger partial charge in [-0.25, -0.2) is 9.78 Å². The van der Waals surface area contributed by atoms with Crippen LogP contribution in [-0.2, 0) is 4.74 Å². The zero-order valence-electron chi connectivity index (χ0n) is 10.4. The second-order valence-electron chi connectivity index (χ2n) is 3.71. The van der Waals surface area contributed by atoms with E-state index in [0.717, 1.165) is 0 Å². The van der Waals surface area contributed by atoms with Crippen molar-refractivity contribution >= 4 is 45.0 Å². The minimum absolute atomic E-state index is 0.0782. The van der Waals surface area contributed by atoms with E-state index < -0.39 is 11.5 Å². The predicted molar refractivity (Wildman–Crippen MR) is 78.5 cm³/mol. The number of benzene rings is 1. The van der Waals surface area contributed by atoms with Crippen molar-refractivity contribution in [2.75, 3.05) is 7.11 Å². The predicted octanol–water partition coefficient (Wildman–Crippen LogP) is 4.97. The molecule has 0 amide bonds. The molecular weight excluding hydrogens is 391 g/mol. The van der Waals surface area contributed by atoms with Gasteiger partial charge in [-0.3, -0.25) is 0 Å². The van der Waals surface area contributed by atoms with Crippen molar-refractivity contribution in [1.29, 1.82) is 0 Å². The third-order valence-electron chi connectivity index (χ3n) is 2.33. The molecule has 1 aromatic carbocycles. The van der Waals surface area contributed by atoms with Gasteiger partial charge < -0.3 is 4.74 Å². The maximum Gasteiger partial charge on any atom is 0.446 e. The van der Waals surface area contributed by atoms with Crippen molar-refractivity contribution in [3.05, 3.63) is 33.9 Å². The summed E-state index contributed by atoms with van der Waals surface area (Å²) in [6.45, 7) is 0. The van der Waals surface area contributed by atoms with Gasteiger partial charge >= 0.3 is 11.5 Å². The average Bonchev–Trinajstić information content (AvgIpc) is 2.79. The molecule has 9 heteroatoms. The lowest BCUT2D eigenvalue weighted by atomic mass is 10.1. The van der Waals surface area contributed by atoms with E-state index in [0.29, 0.717) is 14.4 Å². The van der Waals surface area contributed by atoms with Gasteiger partial charge in [0.05, 0.1) is 12.0 Å². The Morgan fingerprint density at radius 2 is 1.95 bits per heavy atom. The average molecular weight is 398 g/mol. The summed E-state index contributed by atoms with van der Waals surface area (Å²) >= 11 is 4.20. The summed E-state index contributed by atoms with van der Waals surface area (Å²) in [6, 6.07) is 5.73. The van der Waals surface area contributed by atoms with E-state index in [-0.39, 0.29) is 22.4 Å². The first-order valence-corrected chi connectivity index (χ1v) is 7.83. The molecule has 21 heavy (non-hydrogen) atoms. The number of thioether (sulfide) groups is 1. The number of ether oxygens (including phenoxy) is 1. The molecule has 0 aliphatic carbocycles. The number of carbonyl (C=O) groups is 1. The van der Waals surface area contributed by atoms with Crippen LogP contribution in [0.25, 0.3) is 10.4 Å². The maximum absolute atomic E-state index is 12.3. The van der Waals surface area contributed by atoms with E-state index in [1.807, 2.05) is 0 Å². The molecule has 0 N–H and O–H groups in total. The molecule has 0 fully saturated rings. The van der Waals surface area contributed by atoms with Gasteiger partial charge in [0.2, 0.25) is 0 Å². The third kappa shape index (κ3) is 4.21. The zero-order chi connectivity index (χ0) is 15.6. The number of halogens is 4. The quantitative estimate of drug-likeness (QED) is 0.541. The number of aromatic nitrogens is 1. The molecule has 0 atom stereocenters. The summed E-state index contributed by atoms with van der Waals surface area (Å²) in [4.78, 5) is 16.3. The van der Waals surface area contributed by atoms with Crippen LogP contribution in [0.4, 0.5) is 13.2 Å². The van der Waals surface area contributed by atoms with Crippen LogP contribution in [-0.4, -0.2) is 23.6 Å². The second-order valence-corrected chi connectivity index (χ2v) is 7.12. The first-order chi connectivity index (χ1) is 9.80. The van der Waals surface area contributed by atoms with Crippen LogP contribution < -0.4 is 0 Å². The van der Waals surface area contributed by atoms with Crippen LogP contribution in [0.5, 0.6) is 0 Å². The molecule has 0 radical (unpaired) electrons. The topological polar surface area (TPSA) is 39.2 Å². The Hall–Kier alpha value is -1.06. The molecule has 0 aliphatic rings. The molecule has 1 heterocycles. The van der Waals surface area contributed by atoms with Crippen molar-refractivity contribution in [2.45, 2.75) is 10.4 Å². The second kappa shape index (κ2) is 6.37. The fraction of sp³-hybridized carbons (Fsp3) is 0.167. The minimum Gasteiger partial charge on any atom is -0.464 e. The van der Waals surface area contributed by atoms with Crippen molar-refractivity contribution in [2.24, 2.45) is 0 Å². The first-order valence-electron chi connectivity index (χ1n) is 5.41. The highest BCUT2D eigenvalue weighted by Crippen LogP contribution is 2.39. The fourth-order valence-electron chi connectivity index (χ4n) is 1.53. The van der Waals surface area contributed by atoms with Crippen molar-refractivity contribution in [3.8, 4) is 10.4 Å². The monoisotopic (exact) mass is 397 g/mol. The van der Waals surface area contributed by atoms with Crippen LogP contribution in [0.15, 0.2) is 33.1 Å². The molecule has 0 unspecified atom stereocenters. The zero-order valence-corrected chi connectivity index (χ0v) is 13.6. The number of thiazole rings is 1. The number of hydrogen-bond donors (Lipinski definition) is 0. The number of hydrogen-bond acceptors (Lipinski definition) is 5. The summed E-state index contributed by atoms with van der Waals surface area (Å²) in [5.74, 6) is -0.597. The lowest BCUT2D eigenvalue weighted by Crippen LogP contribution is -2.03. The lowest BCUT2D eigenvalue weighted by Gasteiger charge is -2.06. The minimum atomic E-state index is -4.33. The molecule has 0 aliphatic heterocycles. The number of alkyl halides is 3. The van der Waals surface area contributed by atoms with Gasteiger partial charge in [-0.05, 0) is 45.4 Å². The van der Waals surface area contributed by atoms with Crippen LogP contribution in [0.3, 0.4) is 0 Å². The van der Waals surface area contributed by atoms with Crippen LogP contribution in [0.1, 0.15) is 10.5 Å². The molecule has 0 spiro atoms. The summed E-state index contributed by atoms with van der Waals surface area (Å²) in [6.07, 6.45) is 0. The highest BCUT2D eigenvalue weighted by Gasteiger charge is 2.29. The maximum atomic E-state index is 12.3. The number of esters is 1. The number of nitrogens with zero attached hydrogens (tertiary/aromatic N) is 1. The molecule has 112 valence electrons. The van der Waals surface area contributed by atoms with Crippen LogP contribution >= 0.6 is 39.0 Å². The molecule has 0 saturated carbocycles. The molecule has 3 nitrogen and oxygen atoms in total. The fourth-order valence-corrected chi connectivity index (χ4v) is 3.52. The van der Waals surface area contributed by atoms with Gasteiger partial charge in [-0.2, -0.15) is 13.2 Å². The lowest BCUT2D eigenvalue weighted by molar-refractivity contribution is -0.0328. The molecule has 2 aromatic rings. The number of rotatable bonds is 3. The largest absolute Gasteiger partial charge is 0.464 e. The first kappa shape index (κ1) is 16.3. The molecule has 2 rings (SSSR count). The number of carbonyl (C=O) groups excluding carboxylic acids is 1. The van der Waals surface area contributed by atoms with Gasteiger partial charge in [0, 0.05) is 4.90 Å². The van der Waals surface area contributed by atoms with Crippen molar-refractivity contribution < 1.29 is 22.7 Å². The van der Waals surface area contributed by atoms with E-state index >= 15 is 0 Å². The Balaban J connectivity index is 2.33. The van der Waals surface area contributed by atoms with E-state index in [1.54, 1.807) is 0 Å². The molecule has 0 saturated heterocycles. The van der Waals surface area contributed by atoms with Crippen molar-refractivity contribution in [1.82, 2.24) is 4.98 Å². The van der Waals surface area contributed by atoms with E-state index in [1.165, 1.54) is 42.7 Å². The van der Waals surface area contributed by atoms with Crippen LogP contribution in [0.2, 0.25) is 0 Å². The van der Waals surface area contributed by atoms with E-state index in [4.69, 9.17) is 0 Å². The van der Waals surface area contributed by atoms with Gasteiger partial charge in [0.25, 0.3) is 0 Å². The van der Waals surface area contributed by atoms with Gasteiger partial charge in [-0.1, -0.05) is 12.1 Å².